The molecule has 2 N–H and O–H groups in total. The number of anilines is 1. The zero-order chi connectivity index (χ0) is 17.6. The number of ether oxygens (including phenoxy) is 1. The van der Waals surface area contributed by atoms with Gasteiger partial charge in [0.2, 0.25) is 0 Å². The van der Waals surface area contributed by atoms with Crippen LogP contribution in [-0.2, 0) is 0 Å². The lowest BCUT2D eigenvalue weighted by Crippen LogP contribution is -2.30. The van der Waals surface area contributed by atoms with E-state index in [0.717, 1.165) is 33.5 Å². The highest BCUT2D eigenvalue weighted by molar-refractivity contribution is 9.10. The van der Waals surface area contributed by atoms with Crippen LogP contribution < -0.4 is 10.1 Å². The summed E-state index contributed by atoms with van der Waals surface area (Å²) in [5.74, 6) is 0.492. The summed E-state index contributed by atoms with van der Waals surface area (Å²) < 4.78 is 6.05. The predicted molar refractivity (Wildman–Crippen MR) is 100 cm³/mol. The number of aromatic carboxylic acids is 1. The number of carbonyl (C=O) groups is 1. The van der Waals surface area contributed by atoms with Gasteiger partial charge in [-0.3, -0.25) is 0 Å². The maximum Gasteiger partial charge on any atom is 0.337 e. The van der Waals surface area contributed by atoms with Gasteiger partial charge in [-0.1, -0.05) is 40.2 Å². The number of carboxylic acids is 1. The average Bonchev–Trinajstić information content (AvgIpc) is 3.10. The number of benzene rings is 2. The van der Waals surface area contributed by atoms with Crippen molar-refractivity contribution < 1.29 is 14.6 Å². The SMILES string of the molecule is COc1ccc([C@@H]2Nc3c(C(=O)O)cc(Br)cc3[C@@H]3C=CC[C@@H]32)cc1. The van der Waals surface area contributed by atoms with Crippen molar-refractivity contribution in [1.29, 1.82) is 0 Å². The van der Waals surface area contributed by atoms with E-state index in [1.807, 2.05) is 18.2 Å². The van der Waals surface area contributed by atoms with Crippen LogP contribution in [0.3, 0.4) is 0 Å². The molecule has 0 saturated heterocycles. The van der Waals surface area contributed by atoms with Gasteiger partial charge in [0.15, 0.2) is 0 Å². The molecule has 0 unspecified atom stereocenters. The molecule has 0 saturated carbocycles. The highest BCUT2D eigenvalue weighted by Crippen LogP contribution is 2.51. The molecule has 25 heavy (non-hydrogen) atoms. The molecule has 4 rings (SSSR count). The highest BCUT2D eigenvalue weighted by atomic mass is 79.9. The van der Waals surface area contributed by atoms with Crippen LogP contribution in [0.25, 0.3) is 0 Å². The van der Waals surface area contributed by atoms with Crippen molar-refractivity contribution in [3.05, 3.63) is 69.7 Å². The summed E-state index contributed by atoms with van der Waals surface area (Å²) in [5, 5.41) is 13.2. The number of nitrogens with one attached hydrogen (secondary N) is 1. The minimum Gasteiger partial charge on any atom is -0.497 e. The third-order valence-corrected chi connectivity index (χ3v) is 5.60. The van der Waals surface area contributed by atoms with E-state index >= 15 is 0 Å². The Morgan fingerprint density at radius 2 is 2.04 bits per heavy atom. The topological polar surface area (TPSA) is 58.6 Å². The average molecular weight is 400 g/mol. The van der Waals surface area contributed by atoms with E-state index in [1.165, 1.54) is 0 Å². The van der Waals surface area contributed by atoms with Gasteiger partial charge in [-0.15, -0.1) is 0 Å². The van der Waals surface area contributed by atoms with Gasteiger partial charge in [0.05, 0.1) is 24.4 Å². The third kappa shape index (κ3) is 2.72. The van der Waals surface area contributed by atoms with Crippen LogP contribution in [-0.4, -0.2) is 18.2 Å². The van der Waals surface area contributed by atoms with Gasteiger partial charge in [-0.25, -0.2) is 4.79 Å². The van der Waals surface area contributed by atoms with Gasteiger partial charge >= 0.3 is 5.97 Å². The number of halogens is 1. The minimum atomic E-state index is -0.918. The van der Waals surface area contributed by atoms with Gasteiger partial charge in [0.1, 0.15) is 5.75 Å². The van der Waals surface area contributed by atoms with Gasteiger partial charge < -0.3 is 15.2 Å². The maximum atomic E-state index is 11.7. The van der Waals surface area contributed by atoms with Crippen LogP contribution in [0.1, 0.15) is 39.9 Å². The molecule has 128 valence electrons. The third-order valence-electron chi connectivity index (χ3n) is 5.14. The Morgan fingerprint density at radius 1 is 1.28 bits per heavy atom. The maximum absolute atomic E-state index is 11.7. The molecule has 3 atom stereocenters. The standard InChI is InChI=1S/C20H18BrNO3/c1-25-13-7-5-11(6-8-13)18-15-4-2-3-14(15)16-9-12(21)10-17(20(23)24)19(16)22-18/h2-3,5-10,14-15,18,22H,4H2,1H3,(H,23,24)/t14-,15+,18+/m1/s1. The number of hydrogen-bond donors (Lipinski definition) is 2. The summed E-state index contributed by atoms with van der Waals surface area (Å²) in [6.45, 7) is 0. The Labute approximate surface area is 154 Å². The van der Waals surface area contributed by atoms with E-state index in [0.29, 0.717) is 11.5 Å². The Morgan fingerprint density at radius 3 is 2.72 bits per heavy atom. The normalized spacial score (nSPS) is 23.5. The summed E-state index contributed by atoms with van der Waals surface area (Å²) in [4.78, 5) is 11.7. The van der Waals surface area contributed by atoms with Crippen LogP contribution in [0.4, 0.5) is 5.69 Å². The smallest absolute Gasteiger partial charge is 0.337 e. The molecule has 0 spiro atoms. The van der Waals surface area contributed by atoms with Gasteiger partial charge in [-0.2, -0.15) is 0 Å². The van der Waals surface area contributed by atoms with Crippen LogP contribution >= 0.6 is 15.9 Å². The molecule has 0 bridgehead atoms. The van der Waals surface area contributed by atoms with Crippen LogP contribution in [0.15, 0.2) is 53.0 Å². The largest absolute Gasteiger partial charge is 0.497 e. The quantitative estimate of drug-likeness (QED) is 0.714. The summed E-state index contributed by atoms with van der Waals surface area (Å²) in [7, 11) is 1.65. The molecule has 0 radical (unpaired) electrons. The first-order chi connectivity index (χ1) is 12.1. The molecule has 0 aromatic heterocycles. The Bertz CT molecular complexity index is 860. The fraction of sp³-hybridized carbons (Fsp3) is 0.250. The zero-order valence-corrected chi connectivity index (χ0v) is 15.3. The van der Waals surface area contributed by atoms with Gasteiger partial charge in [0, 0.05) is 10.4 Å². The molecule has 2 aliphatic rings. The molecule has 0 amide bonds. The Hall–Kier alpha value is -2.27. The molecule has 2 aromatic rings. The van der Waals surface area contributed by atoms with Gasteiger partial charge in [0.25, 0.3) is 0 Å². The first-order valence-electron chi connectivity index (χ1n) is 8.22. The molecule has 4 nitrogen and oxygen atoms in total. The van der Waals surface area contributed by atoms with Crippen molar-refractivity contribution in [1.82, 2.24) is 0 Å². The van der Waals surface area contributed by atoms with Crippen molar-refractivity contribution in [3.8, 4) is 5.75 Å². The monoisotopic (exact) mass is 399 g/mol. The molecule has 2 aromatic carbocycles. The Balaban J connectivity index is 1.82. The lowest BCUT2D eigenvalue weighted by molar-refractivity contribution is 0.0697. The van der Waals surface area contributed by atoms with E-state index in [9.17, 15) is 9.90 Å². The van der Waals surface area contributed by atoms with Crippen LogP contribution in [0.2, 0.25) is 0 Å². The first-order valence-corrected chi connectivity index (χ1v) is 9.01. The molecule has 1 aliphatic carbocycles. The van der Waals surface area contributed by atoms with E-state index in [-0.39, 0.29) is 12.0 Å². The number of methoxy groups -OCH3 is 1. The van der Waals surface area contributed by atoms with Gasteiger partial charge in [-0.05, 0) is 47.7 Å². The summed E-state index contributed by atoms with van der Waals surface area (Å²) in [6, 6.07) is 11.8. The molecule has 1 heterocycles. The van der Waals surface area contributed by atoms with Crippen LogP contribution in [0.5, 0.6) is 5.75 Å². The zero-order valence-electron chi connectivity index (χ0n) is 13.7. The second kappa shape index (κ2) is 6.23. The summed E-state index contributed by atoms with van der Waals surface area (Å²) in [6.07, 6.45) is 5.38. The number of rotatable bonds is 3. The highest BCUT2D eigenvalue weighted by Gasteiger charge is 2.39. The molecule has 1 aliphatic heterocycles. The lowest BCUT2D eigenvalue weighted by atomic mass is 9.76. The lowest BCUT2D eigenvalue weighted by Gasteiger charge is -2.38. The second-order valence-electron chi connectivity index (χ2n) is 6.47. The number of fused-ring (bicyclic) bond motifs is 3. The number of hydrogen-bond acceptors (Lipinski definition) is 3. The van der Waals surface area contributed by atoms with E-state index in [2.05, 4.69) is 45.5 Å². The van der Waals surface area contributed by atoms with Crippen molar-refractivity contribution in [2.75, 3.05) is 12.4 Å². The summed E-state index contributed by atoms with van der Waals surface area (Å²) in [5.41, 5.74) is 3.23. The fourth-order valence-electron chi connectivity index (χ4n) is 3.97. The van der Waals surface area contributed by atoms with Crippen molar-refractivity contribution >= 4 is 27.6 Å². The number of allylic oxidation sites excluding steroid dienone is 2. The molecular formula is C20H18BrNO3. The number of carboxylic acid groups (broad SMARTS) is 1. The minimum absolute atomic E-state index is 0.0673. The summed E-state index contributed by atoms with van der Waals surface area (Å²) >= 11 is 3.45. The van der Waals surface area contributed by atoms with Crippen molar-refractivity contribution in [2.24, 2.45) is 5.92 Å². The van der Waals surface area contributed by atoms with Crippen LogP contribution in [0, 0.1) is 5.92 Å². The van der Waals surface area contributed by atoms with E-state index < -0.39 is 5.97 Å². The molecular weight excluding hydrogens is 382 g/mol. The molecule has 5 heteroatoms. The van der Waals surface area contributed by atoms with E-state index in [4.69, 9.17) is 4.74 Å². The van der Waals surface area contributed by atoms with E-state index in [1.54, 1.807) is 13.2 Å². The van der Waals surface area contributed by atoms with Crippen molar-refractivity contribution in [2.45, 2.75) is 18.4 Å². The fourth-order valence-corrected chi connectivity index (χ4v) is 4.45. The predicted octanol–water partition coefficient (Wildman–Crippen LogP) is 4.98. The van der Waals surface area contributed by atoms with Crippen molar-refractivity contribution in [3.63, 3.8) is 0 Å². The Kier molecular flexibility index (Phi) is 4.04. The first kappa shape index (κ1) is 16.2. The second-order valence-corrected chi connectivity index (χ2v) is 7.39. The molecule has 0 fully saturated rings.